The highest BCUT2D eigenvalue weighted by Gasteiger charge is 2.19. The second-order valence-corrected chi connectivity index (χ2v) is 10.6. The molecule has 2 N–H and O–H groups in total. The van der Waals surface area contributed by atoms with Crippen molar-refractivity contribution in [3.8, 4) is 0 Å². The van der Waals surface area contributed by atoms with Gasteiger partial charge in [-0.25, -0.2) is 17.2 Å². The van der Waals surface area contributed by atoms with Crippen molar-refractivity contribution in [2.45, 2.75) is 39.2 Å². The SMILES string of the molecule is C[C@@H](NC(=O)c1cnc2cc(C(C)(C)C)ccc2c1)c1cc(F)c(NS(C)(=O)=O)c(F)c1. The molecule has 1 atom stereocenters. The van der Waals surface area contributed by atoms with Crippen molar-refractivity contribution < 1.29 is 22.0 Å². The standard InChI is InChI=1S/C23H25F2N3O3S/c1-13(15-9-18(24)21(19(25)10-15)28-32(5,30)31)27-22(29)16-8-14-6-7-17(23(2,3)4)11-20(14)26-12-16/h6-13,28H,1-5H3,(H,27,29)/t13-/m1/s1. The minimum absolute atomic E-state index is 0.0295. The second kappa shape index (κ2) is 8.46. The van der Waals surface area contributed by atoms with Crippen LogP contribution in [0.1, 0.15) is 55.2 Å². The molecule has 0 radical (unpaired) electrons. The van der Waals surface area contributed by atoms with Gasteiger partial charge in [-0.3, -0.25) is 14.5 Å². The fourth-order valence-corrected chi connectivity index (χ4v) is 3.77. The van der Waals surface area contributed by atoms with E-state index in [9.17, 15) is 22.0 Å². The molecule has 1 heterocycles. The summed E-state index contributed by atoms with van der Waals surface area (Å²) in [5.74, 6) is -2.60. The van der Waals surface area contributed by atoms with Crippen LogP contribution in [0.3, 0.4) is 0 Å². The van der Waals surface area contributed by atoms with E-state index in [4.69, 9.17) is 0 Å². The van der Waals surface area contributed by atoms with E-state index in [0.29, 0.717) is 5.56 Å². The quantitative estimate of drug-likeness (QED) is 0.578. The summed E-state index contributed by atoms with van der Waals surface area (Å²) in [4.78, 5) is 17.1. The number of rotatable bonds is 5. The highest BCUT2D eigenvalue weighted by molar-refractivity contribution is 7.92. The van der Waals surface area contributed by atoms with Crippen LogP contribution in [0.2, 0.25) is 0 Å². The Labute approximate surface area is 186 Å². The van der Waals surface area contributed by atoms with Crippen molar-refractivity contribution in [3.05, 3.63) is 70.9 Å². The topological polar surface area (TPSA) is 88.2 Å². The maximum Gasteiger partial charge on any atom is 0.253 e. The zero-order valence-corrected chi connectivity index (χ0v) is 19.3. The summed E-state index contributed by atoms with van der Waals surface area (Å²) < 4.78 is 52.9. The van der Waals surface area contributed by atoms with Crippen LogP contribution in [0.25, 0.3) is 10.9 Å². The summed E-state index contributed by atoms with van der Waals surface area (Å²) in [6.07, 6.45) is 2.25. The molecule has 0 aliphatic rings. The van der Waals surface area contributed by atoms with Gasteiger partial charge in [0.2, 0.25) is 10.0 Å². The number of anilines is 1. The van der Waals surface area contributed by atoms with E-state index < -0.39 is 39.3 Å². The molecule has 0 fully saturated rings. The summed E-state index contributed by atoms with van der Waals surface area (Å²) in [6.45, 7) is 7.88. The monoisotopic (exact) mass is 461 g/mol. The smallest absolute Gasteiger partial charge is 0.253 e. The van der Waals surface area contributed by atoms with Crippen LogP contribution in [-0.2, 0) is 15.4 Å². The predicted octanol–water partition coefficient (Wildman–Crippen LogP) is 4.67. The van der Waals surface area contributed by atoms with Crippen LogP contribution in [-0.4, -0.2) is 25.6 Å². The Morgan fingerprint density at radius 1 is 1.06 bits per heavy atom. The zero-order chi connectivity index (χ0) is 23.8. The number of halogens is 2. The first-order valence-electron chi connectivity index (χ1n) is 9.92. The fraction of sp³-hybridized carbons (Fsp3) is 0.304. The Kier molecular flexibility index (Phi) is 6.24. The largest absolute Gasteiger partial charge is 0.345 e. The summed E-state index contributed by atoms with van der Waals surface area (Å²) in [5.41, 5.74) is 1.56. The lowest BCUT2D eigenvalue weighted by molar-refractivity contribution is 0.0939. The Balaban J connectivity index is 1.81. The third-order valence-electron chi connectivity index (χ3n) is 5.01. The Bertz CT molecular complexity index is 1280. The fourth-order valence-electron chi connectivity index (χ4n) is 3.20. The lowest BCUT2D eigenvalue weighted by Gasteiger charge is -2.19. The summed E-state index contributed by atoms with van der Waals surface area (Å²) in [6, 6.07) is 8.81. The molecule has 0 aliphatic heterocycles. The molecule has 170 valence electrons. The first kappa shape index (κ1) is 23.6. The van der Waals surface area contributed by atoms with Gasteiger partial charge in [0.05, 0.1) is 23.4 Å². The molecule has 9 heteroatoms. The molecule has 0 unspecified atom stereocenters. The molecule has 0 bridgehead atoms. The Morgan fingerprint density at radius 2 is 1.69 bits per heavy atom. The van der Waals surface area contributed by atoms with Gasteiger partial charge in [-0.15, -0.1) is 0 Å². The zero-order valence-electron chi connectivity index (χ0n) is 18.5. The number of carbonyl (C=O) groups excluding carboxylic acids is 1. The summed E-state index contributed by atoms with van der Waals surface area (Å²) >= 11 is 0. The third kappa shape index (κ3) is 5.40. The Hall–Kier alpha value is -3.07. The first-order chi connectivity index (χ1) is 14.7. The van der Waals surface area contributed by atoms with Gasteiger partial charge in [-0.2, -0.15) is 0 Å². The maximum atomic E-state index is 14.3. The van der Waals surface area contributed by atoms with E-state index >= 15 is 0 Å². The number of aromatic nitrogens is 1. The summed E-state index contributed by atoms with van der Waals surface area (Å²) in [5, 5.41) is 3.48. The number of sulfonamides is 1. The molecule has 2 aromatic carbocycles. The molecule has 1 amide bonds. The van der Waals surface area contributed by atoms with Gasteiger partial charge >= 0.3 is 0 Å². The average Bonchev–Trinajstić information content (AvgIpc) is 2.68. The Morgan fingerprint density at radius 3 is 2.25 bits per heavy atom. The molecule has 3 rings (SSSR count). The van der Waals surface area contributed by atoms with E-state index in [1.165, 1.54) is 6.20 Å². The predicted molar refractivity (Wildman–Crippen MR) is 121 cm³/mol. The average molecular weight is 462 g/mol. The van der Waals surface area contributed by atoms with Gasteiger partial charge in [0.25, 0.3) is 5.91 Å². The van der Waals surface area contributed by atoms with Gasteiger partial charge in [0.15, 0.2) is 11.6 Å². The van der Waals surface area contributed by atoms with Gasteiger partial charge in [0, 0.05) is 11.6 Å². The number of nitrogens with one attached hydrogen (secondary N) is 2. The number of pyridine rings is 1. The molecule has 1 aromatic heterocycles. The molecule has 0 spiro atoms. The van der Waals surface area contributed by atoms with Crippen molar-refractivity contribution in [2.24, 2.45) is 0 Å². The molecule has 6 nitrogen and oxygen atoms in total. The van der Waals surface area contributed by atoms with Crippen molar-refractivity contribution in [3.63, 3.8) is 0 Å². The molecular weight excluding hydrogens is 436 g/mol. The number of amides is 1. The summed E-state index contributed by atoms with van der Waals surface area (Å²) in [7, 11) is -3.85. The van der Waals surface area contributed by atoms with Crippen LogP contribution in [0.4, 0.5) is 14.5 Å². The van der Waals surface area contributed by atoms with E-state index in [2.05, 4.69) is 31.1 Å². The minimum atomic E-state index is -3.85. The van der Waals surface area contributed by atoms with E-state index in [0.717, 1.165) is 34.9 Å². The van der Waals surface area contributed by atoms with Crippen molar-refractivity contribution in [1.82, 2.24) is 10.3 Å². The number of carbonyl (C=O) groups is 1. The van der Waals surface area contributed by atoms with Crippen LogP contribution in [0.15, 0.2) is 42.6 Å². The number of hydrogen-bond donors (Lipinski definition) is 2. The number of fused-ring (bicyclic) bond motifs is 1. The number of hydrogen-bond acceptors (Lipinski definition) is 4. The van der Waals surface area contributed by atoms with Crippen LogP contribution >= 0.6 is 0 Å². The van der Waals surface area contributed by atoms with E-state index in [1.54, 1.807) is 13.0 Å². The lowest BCUT2D eigenvalue weighted by atomic mass is 9.86. The van der Waals surface area contributed by atoms with Crippen LogP contribution < -0.4 is 10.0 Å². The van der Waals surface area contributed by atoms with Crippen molar-refractivity contribution >= 4 is 32.5 Å². The number of benzene rings is 2. The highest BCUT2D eigenvalue weighted by atomic mass is 32.2. The van der Waals surface area contributed by atoms with Gasteiger partial charge < -0.3 is 5.32 Å². The normalized spacial score (nSPS) is 13.1. The van der Waals surface area contributed by atoms with Gasteiger partial charge in [-0.1, -0.05) is 32.9 Å². The molecule has 3 aromatic rings. The van der Waals surface area contributed by atoms with Crippen LogP contribution in [0, 0.1) is 11.6 Å². The molecular formula is C23H25F2N3O3S. The first-order valence-corrected chi connectivity index (χ1v) is 11.8. The van der Waals surface area contributed by atoms with E-state index in [-0.39, 0.29) is 11.0 Å². The highest BCUT2D eigenvalue weighted by Crippen LogP contribution is 2.27. The van der Waals surface area contributed by atoms with Gasteiger partial charge in [0.1, 0.15) is 5.69 Å². The minimum Gasteiger partial charge on any atom is -0.345 e. The molecule has 0 saturated carbocycles. The number of nitrogens with zero attached hydrogens (tertiary/aromatic N) is 1. The lowest BCUT2D eigenvalue weighted by Crippen LogP contribution is -2.27. The molecule has 0 aliphatic carbocycles. The molecule has 0 saturated heterocycles. The third-order valence-corrected chi connectivity index (χ3v) is 5.59. The van der Waals surface area contributed by atoms with Crippen LogP contribution in [0.5, 0.6) is 0 Å². The maximum absolute atomic E-state index is 14.3. The van der Waals surface area contributed by atoms with Gasteiger partial charge in [-0.05, 0) is 47.7 Å². The second-order valence-electron chi connectivity index (χ2n) is 8.81. The van der Waals surface area contributed by atoms with Crippen molar-refractivity contribution in [2.75, 3.05) is 11.0 Å². The molecule has 32 heavy (non-hydrogen) atoms. The van der Waals surface area contributed by atoms with E-state index in [1.807, 2.05) is 22.9 Å². The van der Waals surface area contributed by atoms with Crippen molar-refractivity contribution in [1.29, 1.82) is 0 Å².